The number of aliphatic hydroxyl groups is 2. The lowest BCUT2D eigenvalue weighted by Gasteiger charge is -2.26. The number of benzene rings is 1. The van der Waals surface area contributed by atoms with Crippen LogP contribution in [0.2, 0.25) is 0 Å². The number of likely N-dealkylation sites (tertiary alicyclic amines) is 1. The fourth-order valence-corrected chi connectivity index (χ4v) is 2.62. The van der Waals surface area contributed by atoms with Crippen LogP contribution in [0.15, 0.2) is 24.3 Å². The lowest BCUT2D eigenvalue weighted by atomic mass is 10.0. The highest BCUT2D eigenvalue weighted by Crippen LogP contribution is 2.23. The molecule has 1 aromatic rings. The van der Waals surface area contributed by atoms with Crippen molar-refractivity contribution in [2.24, 2.45) is 0 Å². The average Bonchev–Trinajstić information content (AvgIpc) is 2.76. The molecule has 2 rings (SSSR count). The van der Waals surface area contributed by atoms with Crippen molar-refractivity contribution in [2.75, 3.05) is 19.7 Å². The monoisotopic (exact) mass is 235 g/mol. The van der Waals surface area contributed by atoms with Crippen molar-refractivity contribution in [1.82, 2.24) is 4.90 Å². The van der Waals surface area contributed by atoms with E-state index in [1.807, 2.05) is 31.2 Å². The summed E-state index contributed by atoms with van der Waals surface area (Å²) >= 11 is 0. The van der Waals surface area contributed by atoms with Crippen LogP contribution < -0.4 is 0 Å². The van der Waals surface area contributed by atoms with Gasteiger partial charge in [0, 0.05) is 12.6 Å². The van der Waals surface area contributed by atoms with Crippen molar-refractivity contribution in [3.8, 4) is 0 Å². The Balaban J connectivity index is 2.01. The zero-order valence-corrected chi connectivity index (χ0v) is 10.3. The number of hydrogen-bond acceptors (Lipinski definition) is 3. The molecular weight excluding hydrogens is 214 g/mol. The molecule has 0 saturated carbocycles. The van der Waals surface area contributed by atoms with Gasteiger partial charge in [0.15, 0.2) is 0 Å². The largest absolute Gasteiger partial charge is 0.395 e. The Morgan fingerprint density at radius 2 is 2.18 bits per heavy atom. The van der Waals surface area contributed by atoms with Crippen LogP contribution in [0, 0.1) is 6.92 Å². The van der Waals surface area contributed by atoms with Gasteiger partial charge in [-0.2, -0.15) is 0 Å². The molecule has 94 valence electrons. The van der Waals surface area contributed by atoms with Crippen molar-refractivity contribution < 1.29 is 10.2 Å². The summed E-state index contributed by atoms with van der Waals surface area (Å²) in [5.74, 6) is 0. The van der Waals surface area contributed by atoms with Gasteiger partial charge in [-0.15, -0.1) is 0 Å². The molecule has 1 saturated heterocycles. The Bertz CT molecular complexity index is 367. The zero-order valence-electron chi connectivity index (χ0n) is 10.3. The average molecular weight is 235 g/mol. The minimum absolute atomic E-state index is 0.195. The highest BCUT2D eigenvalue weighted by molar-refractivity contribution is 5.27. The first-order chi connectivity index (χ1) is 8.22. The quantitative estimate of drug-likeness (QED) is 0.831. The zero-order chi connectivity index (χ0) is 12.3. The van der Waals surface area contributed by atoms with E-state index in [9.17, 15) is 10.2 Å². The van der Waals surface area contributed by atoms with Crippen LogP contribution in [-0.4, -0.2) is 40.9 Å². The second kappa shape index (κ2) is 5.63. The number of rotatable bonds is 4. The number of hydrogen-bond donors (Lipinski definition) is 2. The van der Waals surface area contributed by atoms with Crippen LogP contribution in [0.1, 0.15) is 30.1 Å². The molecule has 0 amide bonds. The Kier molecular flexibility index (Phi) is 4.15. The Hall–Kier alpha value is -0.900. The lowest BCUT2D eigenvalue weighted by molar-refractivity contribution is 0.0847. The van der Waals surface area contributed by atoms with Gasteiger partial charge in [-0.05, 0) is 37.4 Å². The SMILES string of the molecule is Cc1ccccc1C(O)CN1CCCC1CO. The molecule has 0 radical (unpaired) electrons. The molecule has 0 aliphatic carbocycles. The normalized spacial score (nSPS) is 22.9. The Labute approximate surface area is 103 Å². The molecule has 0 bridgehead atoms. The summed E-state index contributed by atoms with van der Waals surface area (Å²) in [5, 5.41) is 19.5. The Morgan fingerprint density at radius 3 is 2.88 bits per heavy atom. The van der Waals surface area contributed by atoms with E-state index in [-0.39, 0.29) is 12.6 Å². The third-order valence-electron chi connectivity index (χ3n) is 3.66. The van der Waals surface area contributed by atoms with E-state index in [0.29, 0.717) is 6.54 Å². The third-order valence-corrected chi connectivity index (χ3v) is 3.66. The number of nitrogens with zero attached hydrogens (tertiary/aromatic N) is 1. The fourth-order valence-electron chi connectivity index (χ4n) is 2.62. The van der Waals surface area contributed by atoms with Gasteiger partial charge in [0.1, 0.15) is 0 Å². The molecule has 1 fully saturated rings. The second-order valence-corrected chi connectivity index (χ2v) is 4.85. The summed E-state index contributed by atoms with van der Waals surface area (Å²) in [6.07, 6.45) is 1.70. The van der Waals surface area contributed by atoms with Gasteiger partial charge in [0.2, 0.25) is 0 Å². The molecule has 1 aliphatic heterocycles. The van der Waals surface area contributed by atoms with Crippen molar-refractivity contribution in [2.45, 2.75) is 31.9 Å². The molecule has 2 unspecified atom stereocenters. The molecule has 3 heteroatoms. The minimum atomic E-state index is -0.455. The topological polar surface area (TPSA) is 43.7 Å². The van der Waals surface area contributed by atoms with Crippen LogP contribution in [0.4, 0.5) is 0 Å². The molecule has 0 spiro atoms. The first-order valence-electron chi connectivity index (χ1n) is 6.31. The van der Waals surface area contributed by atoms with Gasteiger partial charge in [-0.1, -0.05) is 24.3 Å². The number of aliphatic hydroxyl groups excluding tert-OH is 2. The summed E-state index contributed by atoms with van der Waals surface area (Å²) in [4.78, 5) is 2.19. The van der Waals surface area contributed by atoms with Crippen molar-refractivity contribution >= 4 is 0 Å². The maximum atomic E-state index is 10.3. The highest BCUT2D eigenvalue weighted by Gasteiger charge is 2.26. The first-order valence-corrected chi connectivity index (χ1v) is 6.31. The van der Waals surface area contributed by atoms with Gasteiger partial charge >= 0.3 is 0 Å². The van der Waals surface area contributed by atoms with Gasteiger partial charge in [0.05, 0.1) is 12.7 Å². The molecule has 2 atom stereocenters. The molecular formula is C14H21NO2. The maximum absolute atomic E-state index is 10.3. The number of β-amino-alcohol motifs (C(OH)–C–C–N with tert-alkyl or cyclic N) is 1. The van der Waals surface area contributed by atoms with Crippen LogP contribution in [0.25, 0.3) is 0 Å². The van der Waals surface area contributed by atoms with E-state index in [2.05, 4.69) is 4.90 Å². The van der Waals surface area contributed by atoms with Gasteiger partial charge in [-0.25, -0.2) is 0 Å². The second-order valence-electron chi connectivity index (χ2n) is 4.85. The Morgan fingerprint density at radius 1 is 1.41 bits per heavy atom. The first kappa shape index (κ1) is 12.6. The summed E-state index contributed by atoms with van der Waals surface area (Å²) in [6, 6.07) is 8.17. The fraction of sp³-hybridized carbons (Fsp3) is 0.571. The highest BCUT2D eigenvalue weighted by atomic mass is 16.3. The standard InChI is InChI=1S/C14H21NO2/c1-11-5-2-3-7-13(11)14(17)9-15-8-4-6-12(15)10-16/h2-3,5,7,12,14,16-17H,4,6,8-10H2,1H3. The molecule has 3 nitrogen and oxygen atoms in total. The van der Waals surface area contributed by atoms with E-state index in [4.69, 9.17) is 0 Å². The van der Waals surface area contributed by atoms with E-state index in [1.165, 1.54) is 0 Å². The van der Waals surface area contributed by atoms with E-state index in [0.717, 1.165) is 30.5 Å². The molecule has 1 aliphatic rings. The third kappa shape index (κ3) is 2.86. The van der Waals surface area contributed by atoms with Crippen LogP contribution in [-0.2, 0) is 0 Å². The molecule has 17 heavy (non-hydrogen) atoms. The van der Waals surface area contributed by atoms with Gasteiger partial charge < -0.3 is 10.2 Å². The summed E-state index contributed by atoms with van der Waals surface area (Å²) in [7, 11) is 0. The van der Waals surface area contributed by atoms with Crippen molar-refractivity contribution in [3.63, 3.8) is 0 Å². The van der Waals surface area contributed by atoms with Crippen LogP contribution in [0.5, 0.6) is 0 Å². The predicted molar refractivity (Wildman–Crippen MR) is 67.8 cm³/mol. The molecule has 1 heterocycles. The van der Waals surface area contributed by atoms with E-state index in [1.54, 1.807) is 0 Å². The summed E-state index contributed by atoms with van der Waals surface area (Å²) in [5.41, 5.74) is 2.12. The van der Waals surface area contributed by atoms with Crippen LogP contribution >= 0.6 is 0 Å². The smallest absolute Gasteiger partial charge is 0.0919 e. The van der Waals surface area contributed by atoms with E-state index >= 15 is 0 Å². The predicted octanol–water partition coefficient (Wildman–Crippen LogP) is 1.49. The van der Waals surface area contributed by atoms with E-state index < -0.39 is 6.10 Å². The minimum Gasteiger partial charge on any atom is -0.395 e. The molecule has 2 N–H and O–H groups in total. The van der Waals surface area contributed by atoms with Crippen LogP contribution in [0.3, 0.4) is 0 Å². The molecule has 0 aromatic heterocycles. The summed E-state index contributed by atoms with van der Waals surface area (Å²) < 4.78 is 0. The summed E-state index contributed by atoms with van der Waals surface area (Å²) in [6.45, 7) is 3.82. The number of aryl methyl sites for hydroxylation is 1. The van der Waals surface area contributed by atoms with Crippen molar-refractivity contribution in [1.29, 1.82) is 0 Å². The maximum Gasteiger partial charge on any atom is 0.0919 e. The van der Waals surface area contributed by atoms with Gasteiger partial charge in [-0.3, -0.25) is 4.90 Å². The molecule has 1 aromatic carbocycles. The van der Waals surface area contributed by atoms with Gasteiger partial charge in [0.25, 0.3) is 0 Å². The van der Waals surface area contributed by atoms with Crippen molar-refractivity contribution in [3.05, 3.63) is 35.4 Å². The lowest BCUT2D eigenvalue weighted by Crippen LogP contribution is -2.35.